The number of aromatic nitrogens is 2. The summed E-state index contributed by atoms with van der Waals surface area (Å²) in [5, 5.41) is 0. The van der Waals surface area contributed by atoms with Crippen LogP contribution >= 0.6 is 0 Å². The van der Waals surface area contributed by atoms with E-state index in [9.17, 15) is 0 Å². The molecular weight excluding hydrogens is 242 g/mol. The van der Waals surface area contributed by atoms with Gasteiger partial charge in [0.1, 0.15) is 5.75 Å². The van der Waals surface area contributed by atoms with Crippen LogP contribution in [0.2, 0.25) is 0 Å². The fourth-order valence-electron chi connectivity index (χ4n) is 3.46. The van der Waals surface area contributed by atoms with E-state index in [1.165, 1.54) is 6.42 Å². The Bertz CT molecular complexity index is 637. The minimum atomic E-state index is 0.298. The number of hydrogen-bond acceptors (Lipinski definition) is 4. The van der Waals surface area contributed by atoms with Gasteiger partial charge in [0.25, 0.3) is 0 Å². The Morgan fingerprint density at radius 2 is 2.32 bits per heavy atom. The molecule has 2 bridgehead atoms. The standard InChI is InChI=1S/C14H17N3O2/c1-18-8-2-4-11-10(6-8)16-14(15)17(11)12-7-9-3-5-13(12)19-9/h2,4,6,9,12-13H,3,5,7H2,1H3,(H2,15,16). The summed E-state index contributed by atoms with van der Waals surface area (Å²) in [5.74, 6) is 1.38. The van der Waals surface area contributed by atoms with Gasteiger partial charge in [0.2, 0.25) is 5.95 Å². The lowest BCUT2D eigenvalue weighted by molar-refractivity contribution is 0.0945. The predicted molar refractivity (Wildman–Crippen MR) is 72.2 cm³/mol. The number of hydrogen-bond donors (Lipinski definition) is 1. The van der Waals surface area contributed by atoms with E-state index >= 15 is 0 Å². The van der Waals surface area contributed by atoms with E-state index < -0.39 is 0 Å². The summed E-state index contributed by atoms with van der Waals surface area (Å²) in [6.07, 6.45) is 4.07. The Morgan fingerprint density at radius 3 is 3.00 bits per heavy atom. The average Bonchev–Trinajstić information content (AvgIpc) is 3.09. The van der Waals surface area contributed by atoms with E-state index in [1.54, 1.807) is 7.11 Å². The van der Waals surface area contributed by atoms with Crippen LogP contribution in [-0.4, -0.2) is 28.9 Å². The van der Waals surface area contributed by atoms with Crippen LogP contribution in [0.15, 0.2) is 18.2 Å². The molecule has 0 spiro atoms. The number of methoxy groups -OCH3 is 1. The van der Waals surface area contributed by atoms with E-state index in [4.69, 9.17) is 15.2 Å². The Morgan fingerprint density at radius 1 is 1.42 bits per heavy atom. The highest BCUT2D eigenvalue weighted by Gasteiger charge is 2.42. The molecule has 100 valence electrons. The molecule has 1 aromatic carbocycles. The van der Waals surface area contributed by atoms with Crippen LogP contribution in [0.25, 0.3) is 11.0 Å². The van der Waals surface area contributed by atoms with Gasteiger partial charge >= 0.3 is 0 Å². The van der Waals surface area contributed by atoms with Gasteiger partial charge < -0.3 is 19.8 Å². The van der Waals surface area contributed by atoms with Gasteiger partial charge in [-0.05, 0) is 31.4 Å². The topological polar surface area (TPSA) is 62.3 Å². The zero-order valence-electron chi connectivity index (χ0n) is 10.9. The van der Waals surface area contributed by atoms with Crippen LogP contribution in [0.5, 0.6) is 5.75 Å². The monoisotopic (exact) mass is 259 g/mol. The number of rotatable bonds is 2. The number of benzene rings is 1. The number of ether oxygens (including phenoxy) is 2. The van der Waals surface area contributed by atoms with Crippen LogP contribution < -0.4 is 10.5 Å². The third kappa shape index (κ3) is 1.54. The van der Waals surface area contributed by atoms with Crippen molar-refractivity contribution in [2.45, 2.75) is 37.5 Å². The second kappa shape index (κ2) is 3.87. The van der Waals surface area contributed by atoms with Gasteiger partial charge in [-0.15, -0.1) is 0 Å². The molecular formula is C14H17N3O2. The molecule has 2 aliphatic heterocycles. The van der Waals surface area contributed by atoms with Crippen molar-refractivity contribution in [1.29, 1.82) is 0 Å². The van der Waals surface area contributed by atoms with Gasteiger partial charge in [0.05, 0.1) is 36.4 Å². The minimum Gasteiger partial charge on any atom is -0.497 e. The van der Waals surface area contributed by atoms with Crippen molar-refractivity contribution < 1.29 is 9.47 Å². The highest BCUT2D eigenvalue weighted by Crippen LogP contribution is 2.44. The number of imidazole rings is 1. The van der Waals surface area contributed by atoms with Crippen LogP contribution in [0.1, 0.15) is 25.3 Å². The van der Waals surface area contributed by atoms with E-state index in [0.29, 0.717) is 24.2 Å². The fraction of sp³-hybridized carbons (Fsp3) is 0.500. The summed E-state index contributed by atoms with van der Waals surface area (Å²) < 4.78 is 13.3. The molecule has 5 nitrogen and oxygen atoms in total. The molecule has 3 atom stereocenters. The van der Waals surface area contributed by atoms with E-state index in [0.717, 1.165) is 29.6 Å². The average molecular weight is 259 g/mol. The lowest BCUT2D eigenvalue weighted by Gasteiger charge is -2.22. The van der Waals surface area contributed by atoms with Crippen molar-refractivity contribution in [2.75, 3.05) is 12.8 Å². The fourth-order valence-corrected chi connectivity index (χ4v) is 3.46. The maximum atomic E-state index is 6.11. The number of fused-ring (bicyclic) bond motifs is 3. The van der Waals surface area contributed by atoms with Crippen molar-refractivity contribution in [3.8, 4) is 5.75 Å². The molecule has 2 N–H and O–H groups in total. The van der Waals surface area contributed by atoms with E-state index in [2.05, 4.69) is 9.55 Å². The molecule has 2 aromatic rings. The Balaban J connectivity index is 1.83. The SMILES string of the molecule is COc1ccc2c(c1)nc(N)n2C1CC2CCC1O2. The largest absolute Gasteiger partial charge is 0.497 e. The van der Waals surface area contributed by atoms with E-state index in [-0.39, 0.29) is 0 Å². The maximum absolute atomic E-state index is 6.11. The number of anilines is 1. The number of nitrogens with zero attached hydrogens (tertiary/aromatic N) is 2. The molecule has 0 saturated carbocycles. The highest BCUT2D eigenvalue weighted by atomic mass is 16.5. The van der Waals surface area contributed by atoms with Gasteiger partial charge in [0.15, 0.2) is 0 Å². The molecule has 0 radical (unpaired) electrons. The van der Waals surface area contributed by atoms with Crippen molar-refractivity contribution in [1.82, 2.24) is 9.55 Å². The molecule has 5 heteroatoms. The molecule has 0 aliphatic carbocycles. The van der Waals surface area contributed by atoms with Crippen LogP contribution in [0.3, 0.4) is 0 Å². The first-order chi connectivity index (χ1) is 9.26. The molecule has 2 fully saturated rings. The number of nitrogens with two attached hydrogens (primary N) is 1. The third-order valence-electron chi connectivity index (χ3n) is 4.33. The van der Waals surface area contributed by atoms with Crippen molar-refractivity contribution >= 4 is 17.0 Å². The van der Waals surface area contributed by atoms with Gasteiger partial charge in [-0.1, -0.05) is 0 Å². The molecule has 3 heterocycles. The Kier molecular flexibility index (Phi) is 2.26. The third-order valence-corrected chi connectivity index (χ3v) is 4.33. The van der Waals surface area contributed by atoms with Gasteiger partial charge in [-0.25, -0.2) is 4.98 Å². The van der Waals surface area contributed by atoms with Crippen molar-refractivity contribution in [2.24, 2.45) is 0 Å². The van der Waals surface area contributed by atoms with Gasteiger partial charge in [0, 0.05) is 6.07 Å². The van der Waals surface area contributed by atoms with Gasteiger partial charge in [-0.2, -0.15) is 0 Å². The van der Waals surface area contributed by atoms with Crippen molar-refractivity contribution in [3.63, 3.8) is 0 Å². The van der Waals surface area contributed by atoms with Gasteiger partial charge in [-0.3, -0.25) is 0 Å². The lowest BCUT2D eigenvalue weighted by Crippen LogP contribution is -2.22. The summed E-state index contributed by atoms with van der Waals surface area (Å²) in [4.78, 5) is 4.46. The number of nitrogen functional groups attached to an aromatic ring is 1. The molecule has 19 heavy (non-hydrogen) atoms. The van der Waals surface area contributed by atoms with Crippen molar-refractivity contribution in [3.05, 3.63) is 18.2 Å². The zero-order valence-corrected chi connectivity index (χ0v) is 10.9. The second-order valence-electron chi connectivity index (χ2n) is 5.37. The minimum absolute atomic E-state index is 0.298. The molecule has 1 aromatic heterocycles. The second-order valence-corrected chi connectivity index (χ2v) is 5.37. The first-order valence-corrected chi connectivity index (χ1v) is 6.73. The quantitative estimate of drug-likeness (QED) is 0.897. The smallest absolute Gasteiger partial charge is 0.201 e. The molecule has 2 aliphatic rings. The Labute approximate surface area is 111 Å². The summed E-state index contributed by atoms with van der Waals surface area (Å²) in [6.45, 7) is 0. The first kappa shape index (κ1) is 11.1. The summed E-state index contributed by atoms with van der Waals surface area (Å²) >= 11 is 0. The molecule has 3 unspecified atom stereocenters. The van der Waals surface area contributed by atoms with E-state index in [1.807, 2.05) is 18.2 Å². The molecule has 2 saturated heterocycles. The summed E-state index contributed by atoms with van der Waals surface area (Å²) in [5.41, 5.74) is 8.07. The summed E-state index contributed by atoms with van der Waals surface area (Å²) in [7, 11) is 1.66. The molecule has 4 rings (SSSR count). The zero-order chi connectivity index (χ0) is 13.0. The van der Waals surface area contributed by atoms with Crippen LogP contribution in [0, 0.1) is 0 Å². The van der Waals surface area contributed by atoms with Crippen LogP contribution in [-0.2, 0) is 4.74 Å². The van der Waals surface area contributed by atoms with Crippen LogP contribution in [0.4, 0.5) is 5.95 Å². The lowest BCUT2D eigenvalue weighted by atomic mass is 9.95. The molecule has 0 amide bonds. The first-order valence-electron chi connectivity index (χ1n) is 6.73. The summed E-state index contributed by atoms with van der Waals surface area (Å²) in [6, 6.07) is 6.24. The predicted octanol–water partition coefficient (Wildman–Crippen LogP) is 2.12. The normalized spacial score (nSPS) is 29.2. The highest BCUT2D eigenvalue weighted by molar-refractivity contribution is 5.80. The maximum Gasteiger partial charge on any atom is 0.201 e. The Hall–Kier alpha value is -1.75.